The minimum atomic E-state index is -0.299. The fourth-order valence-electron chi connectivity index (χ4n) is 4.84. The van der Waals surface area contributed by atoms with E-state index in [2.05, 4.69) is 38.7 Å². The van der Waals surface area contributed by atoms with Crippen molar-refractivity contribution in [2.75, 3.05) is 19.6 Å². The first-order valence-corrected chi connectivity index (χ1v) is 13.7. The van der Waals surface area contributed by atoms with Gasteiger partial charge in [-0.3, -0.25) is 9.59 Å². The zero-order valence-electron chi connectivity index (χ0n) is 22.8. The van der Waals surface area contributed by atoms with Crippen molar-refractivity contribution in [1.29, 1.82) is 0 Å². The molecule has 0 aliphatic rings. The first kappa shape index (κ1) is 28.4. The number of hydrogen-bond donors (Lipinski definition) is 1. The third-order valence-electron chi connectivity index (χ3n) is 6.94. The van der Waals surface area contributed by atoms with Gasteiger partial charge >= 0.3 is 0 Å². The molecular formula is C31H42FN3O2. The predicted molar refractivity (Wildman–Crippen MR) is 149 cm³/mol. The highest BCUT2D eigenvalue weighted by Gasteiger charge is 2.27. The maximum absolute atomic E-state index is 13.7. The minimum absolute atomic E-state index is 0.0525. The zero-order valence-corrected chi connectivity index (χ0v) is 22.8. The molecule has 200 valence electrons. The Balaban J connectivity index is 1.79. The van der Waals surface area contributed by atoms with Gasteiger partial charge in [-0.2, -0.15) is 0 Å². The van der Waals surface area contributed by atoms with Gasteiger partial charge in [0.05, 0.1) is 6.54 Å². The van der Waals surface area contributed by atoms with E-state index in [0.29, 0.717) is 26.1 Å². The summed E-state index contributed by atoms with van der Waals surface area (Å²) in [6, 6.07) is 14.4. The van der Waals surface area contributed by atoms with Crippen LogP contribution in [0.4, 0.5) is 4.39 Å². The number of aromatic nitrogens is 1. The van der Waals surface area contributed by atoms with Crippen molar-refractivity contribution in [2.24, 2.45) is 11.8 Å². The molecular weight excluding hydrogens is 465 g/mol. The molecule has 0 bridgehead atoms. The highest BCUT2D eigenvalue weighted by molar-refractivity contribution is 5.86. The third-order valence-corrected chi connectivity index (χ3v) is 6.94. The number of rotatable bonds is 14. The lowest BCUT2D eigenvalue weighted by molar-refractivity contribution is -0.144. The number of aromatic amines is 1. The van der Waals surface area contributed by atoms with Gasteiger partial charge in [-0.15, -0.1) is 0 Å². The summed E-state index contributed by atoms with van der Waals surface area (Å²) in [6.45, 7) is 9.83. The molecule has 37 heavy (non-hydrogen) atoms. The summed E-state index contributed by atoms with van der Waals surface area (Å²) in [7, 11) is 0. The van der Waals surface area contributed by atoms with Crippen molar-refractivity contribution in [3.63, 3.8) is 0 Å². The Morgan fingerprint density at radius 1 is 1.00 bits per heavy atom. The SMILES string of the molecule is CCCCC(CC)C(=O)N(CC(=O)N(CCc1c[nH]c2ccccc12)Cc1ccc(F)cc1)CC(C)C. The fraction of sp³-hybridized carbons (Fsp3) is 0.484. The molecule has 1 atom stereocenters. The molecule has 0 fully saturated rings. The minimum Gasteiger partial charge on any atom is -0.361 e. The van der Waals surface area contributed by atoms with Gasteiger partial charge in [-0.05, 0) is 54.5 Å². The third kappa shape index (κ3) is 8.17. The van der Waals surface area contributed by atoms with Crippen LogP contribution in [0.15, 0.2) is 54.7 Å². The van der Waals surface area contributed by atoms with Gasteiger partial charge in [-0.25, -0.2) is 4.39 Å². The van der Waals surface area contributed by atoms with E-state index in [1.165, 1.54) is 12.1 Å². The monoisotopic (exact) mass is 507 g/mol. The second kappa shape index (κ2) is 14.0. The van der Waals surface area contributed by atoms with E-state index in [1.54, 1.807) is 17.0 Å². The summed E-state index contributed by atoms with van der Waals surface area (Å²) >= 11 is 0. The van der Waals surface area contributed by atoms with Gasteiger partial charge in [0.25, 0.3) is 0 Å². The predicted octanol–water partition coefficient (Wildman–Crippen LogP) is 6.58. The van der Waals surface area contributed by atoms with Crippen molar-refractivity contribution >= 4 is 22.7 Å². The van der Waals surface area contributed by atoms with Gasteiger partial charge < -0.3 is 14.8 Å². The molecule has 2 aromatic carbocycles. The van der Waals surface area contributed by atoms with Crippen LogP contribution in [0.3, 0.4) is 0 Å². The number of nitrogens with zero attached hydrogens (tertiary/aromatic N) is 2. The van der Waals surface area contributed by atoms with Crippen molar-refractivity contribution in [3.8, 4) is 0 Å². The Morgan fingerprint density at radius 3 is 2.41 bits per heavy atom. The smallest absolute Gasteiger partial charge is 0.242 e. The summed E-state index contributed by atoms with van der Waals surface area (Å²) < 4.78 is 13.5. The van der Waals surface area contributed by atoms with Crippen molar-refractivity contribution < 1.29 is 14.0 Å². The molecule has 0 aliphatic heterocycles. The normalized spacial score (nSPS) is 12.2. The zero-order chi connectivity index (χ0) is 26.8. The van der Waals surface area contributed by atoms with Crippen LogP contribution in [0.5, 0.6) is 0 Å². The molecule has 0 aliphatic carbocycles. The number of nitrogens with one attached hydrogen (secondary N) is 1. The number of para-hydroxylation sites is 1. The number of carbonyl (C=O) groups excluding carboxylic acids is 2. The van der Waals surface area contributed by atoms with Gasteiger partial charge in [0.15, 0.2) is 0 Å². The Bertz CT molecular complexity index is 1140. The van der Waals surface area contributed by atoms with E-state index in [0.717, 1.165) is 47.7 Å². The summed E-state index contributed by atoms with van der Waals surface area (Å²) in [5, 5.41) is 1.15. The molecule has 1 aromatic heterocycles. The Morgan fingerprint density at radius 2 is 1.73 bits per heavy atom. The molecule has 6 heteroatoms. The summed E-state index contributed by atoms with van der Waals surface area (Å²) in [5.41, 5.74) is 3.08. The largest absolute Gasteiger partial charge is 0.361 e. The number of halogens is 1. The number of benzene rings is 2. The lowest BCUT2D eigenvalue weighted by atomic mass is 9.97. The van der Waals surface area contributed by atoms with Crippen LogP contribution in [0.2, 0.25) is 0 Å². The first-order chi connectivity index (χ1) is 17.8. The van der Waals surface area contributed by atoms with Gasteiger partial charge in [-0.1, -0.05) is 70.9 Å². The van der Waals surface area contributed by atoms with Crippen molar-refractivity contribution in [1.82, 2.24) is 14.8 Å². The molecule has 5 nitrogen and oxygen atoms in total. The number of fused-ring (bicyclic) bond motifs is 1. The van der Waals surface area contributed by atoms with Crippen LogP contribution >= 0.6 is 0 Å². The summed E-state index contributed by atoms with van der Waals surface area (Å²) in [4.78, 5) is 34.1. The van der Waals surface area contributed by atoms with Gasteiger partial charge in [0, 0.05) is 42.7 Å². The van der Waals surface area contributed by atoms with Crippen LogP contribution in [0.25, 0.3) is 10.9 Å². The van der Waals surface area contributed by atoms with Crippen LogP contribution in [-0.2, 0) is 22.6 Å². The average Bonchev–Trinajstić information content (AvgIpc) is 3.30. The van der Waals surface area contributed by atoms with Crippen LogP contribution in [0.1, 0.15) is 64.5 Å². The van der Waals surface area contributed by atoms with E-state index >= 15 is 0 Å². The fourth-order valence-corrected chi connectivity index (χ4v) is 4.84. The topological polar surface area (TPSA) is 56.4 Å². The van der Waals surface area contributed by atoms with E-state index in [-0.39, 0.29) is 36.0 Å². The Hall–Kier alpha value is -3.15. The quantitative estimate of drug-likeness (QED) is 0.268. The van der Waals surface area contributed by atoms with E-state index < -0.39 is 0 Å². The highest BCUT2D eigenvalue weighted by atomic mass is 19.1. The summed E-state index contributed by atoms with van der Waals surface area (Å²) in [6.07, 6.45) is 6.37. The average molecular weight is 508 g/mol. The molecule has 0 spiro atoms. The van der Waals surface area contributed by atoms with E-state index in [9.17, 15) is 14.0 Å². The lowest BCUT2D eigenvalue weighted by Gasteiger charge is -2.31. The number of unbranched alkanes of at least 4 members (excludes halogenated alkanes) is 1. The molecule has 1 unspecified atom stereocenters. The van der Waals surface area contributed by atoms with E-state index in [1.807, 2.05) is 29.3 Å². The second-order valence-corrected chi connectivity index (χ2v) is 10.4. The van der Waals surface area contributed by atoms with Gasteiger partial charge in [0.1, 0.15) is 5.82 Å². The maximum atomic E-state index is 13.7. The van der Waals surface area contributed by atoms with Crippen LogP contribution in [0, 0.1) is 17.7 Å². The van der Waals surface area contributed by atoms with Gasteiger partial charge in [0.2, 0.25) is 11.8 Å². The summed E-state index contributed by atoms with van der Waals surface area (Å²) in [5.74, 6) is -0.0906. The molecule has 0 saturated carbocycles. The molecule has 3 aromatic rings. The molecule has 1 heterocycles. The first-order valence-electron chi connectivity index (χ1n) is 13.7. The number of hydrogen-bond acceptors (Lipinski definition) is 2. The van der Waals surface area contributed by atoms with Crippen LogP contribution in [-0.4, -0.2) is 46.2 Å². The molecule has 3 rings (SSSR count). The maximum Gasteiger partial charge on any atom is 0.242 e. The number of carbonyl (C=O) groups is 2. The standard InChI is InChI=1S/C31H42FN3O2/c1-5-7-10-25(6-2)31(37)35(20-23(3)4)22-30(36)34(21-24-13-15-27(32)16-14-24)18-17-26-19-33-29-12-9-8-11-28(26)29/h8-9,11-16,19,23,25,33H,5-7,10,17-18,20-22H2,1-4H3. The molecule has 0 saturated heterocycles. The Labute approximate surface area is 221 Å². The second-order valence-electron chi connectivity index (χ2n) is 10.4. The molecule has 0 radical (unpaired) electrons. The van der Waals surface area contributed by atoms with E-state index in [4.69, 9.17) is 0 Å². The molecule has 2 amide bonds. The highest BCUT2D eigenvalue weighted by Crippen LogP contribution is 2.20. The Kier molecular flexibility index (Phi) is 10.7. The number of amides is 2. The van der Waals surface area contributed by atoms with Crippen LogP contribution < -0.4 is 0 Å². The van der Waals surface area contributed by atoms with Crippen molar-refractivity contribution in [3.05, 3.63) is 71.7 Å². The molecule has 1 N–H and O–H groups in total. The lowest BCUT2D eigenvalue weighted by Crippen LogP contribution is -2.46. The number of H-pyrrole nitrogens is 1. The van der Waals surface area contributed by atoms with Crippen molar-refractivity contribution in [2.45, 2.75) is 66.3 Å².